The number of carbonyl (C=O) groups excluding carboxylic acids is 1. The topological polar surface area (TPSA) is 101 Å². The van der Waals surface area contributed by atoms with Crippen molar-refractivity contribution in [2.75, 3.05) is 36.9 Å². The van der Waals surface area contributed by atoms with Gasteiger partial charge in [0.1, 0.15) is 23.0 Å². The number of aromatic nitrogens is 1. The molecule has 1 saturated heterocycles. The van der Waals surface area contributed by atoms with E-state index < -0.39 is 4.92 Å². The van der Waals surface area contributed by atoms with Crippen molar-refractivity contribution in [2.45, 2.75) is 25.8 Å². The number of rotatable bonds is 8. The smallest absolute Gasteiger partial charge is 0.296 e. The van der Waals surface area contributed by atoms with E-state index in [1.54, 1.807) is 42.4 Å². The molecule has 9 nitrogen and oxygen atoms in total. The predicted molar refractivity (Wildman–Crippen MR) is 111 cm³/mol. The van der Waals surface area contributed by atoms with E-state index in [-0.39, 0.29) is 11.7 Å². The molecule has 0 aliphatic carbocycles. The van der Waals surface area contributed by atoms with Gasteiger partial charge in [0, 0.05) is 38.4 Å². The minimum absolute atomic E-state index is 0.0727. The number of carbonyl (C=O) groups is 1. The van der Waals surface area contributed by atoms with Crippen LogP contribution < -0.4 is 15.0 Å². The summed E-state index contributed by atoms with van der Waals surface area (Å²) in [6, 6.07) is 8.03. The number of likely N-dealkylation sites (tertiary alicyclic amines) is 1. The quantitative estimate of drug-likeness (QED) is 0.413. The molecule has 0 unspecified atom stereocenters. The van der Waals surface area contributed by atoms with Gasteiger partial charge in [-0.15, -0.1) is 0 Å². The van der Waals surface area contributed by atoms with Gasteiger partial charge in [0.05, 0.1) is 11.0 Å². The Morgan fingerprint density at radius 2 is 2.03 bits per heavy atom. The van der Waals surface area contributed by atoms with Gasteiger partial charge in [-0.05, 0) is 37.6 Å². The second kappa shape index (κ2) is 9.33. The number of anilines is 2. The Bertz CT molecular complexity index is 868. The van der Waals surface area contributed by atoms with Crippen molar-refractivity contribution in [1.82, 2.24) is 9.88 Å². The van der Waals surface area contributed by atoms with Crippen LogP contribution in [0.25, 0.3) is 0 Å². The summed E-state index contributed by atoms with van der Waals surface area (Å²) < 4.78 is 5.80. The largest absolute Gasteiger partial charge is 0.457 e. The van der Waals surface area contributed by atoms with Crippen molar-refractivity contribution in [2.24, 2.45) is 0 Å². The zero-order chi connectivity index (χ0) is 20.8. The lowest BCUT2D eigenvalue weighted by Gasteiger charge is -2.35. The van der Waals surface area contributed by atoms with Crippen LogP contribution in [0.5, 0.6) is 11.5 Å². The third kappa shape index (κ3) is 4.80. The number of hydrogen-bond acceptors (Lipinski definition) is 7. The average molecular weight is 399 g/mol. The molecule has 1 aliphatic rings. The fourth-order valence-electron chi connectivity index (χ4n) is 3.52. The predicted octanol–water partition coefficient (Wildman–Crippen LogP) is 3.27. The number of nitrogens with zero attached hydrogens (tertiary/aromatic N) is 4. The average Bonchev–Trinajstić information content (AvgIpc) is 2.75. The highest BCUT2D eigenvalue weighted by atomic mass is 16.6. The number of amides is 1. The summed E-state index contributed by atoms with van der Waals surface area (Å²) in [6.45, 7) is 5.04. The van der Waals surface area contributed by atoms with Gasteiger partial charge in [-0.2, -0.15) is 0 Å². The summed E-state index contributed by atoms with van der Waals surface area (Å²) in [6.07, 6.45) is 4.15. The maximum Gasteiger partial charge on any atom is 0.296 e. The molecule has 1 aromatic carbocycles. The molecular weight excluding hydrogens is 374 g/mol. The monoisotopic (exact) mass is 399 g/mol. The van der Waals surface area contributed by atoms with Crippen LogP contribution in [0.4, 0.5) is 17.2 Å². The highest BCUT2D eigenvalue weighted by molar-refractivity contribution is 5.74. The number of nitrogens with one attached hydrogen (secondary N) is 1. The summed E-state index contributed by atoms with van der Waals surface area (Å²) in [5.74, 6) is 1.30. The molecule has 0 bridgehead atoms. The van der Waals surface area contributed by atoms with E-state index >= 15 is 0 Å². The molecule has 1 amide bonds. The molecule has 1 aliphatic heterocycles. The molecule has 0 spiro atoms. The molecule has 2 heterocycles. The van der Waals surface area contributed by atoms with Crippen molar-refractivity contribution in [3.05, 3.63) is 46.6 Å². The molecule has 0 atom stereocenters. The van der Waals surface area contributed by atoms with Gasteiger partial charge >= 0.3 is 0 Å². The van der Waals surface area contributed by atoms with Crippen LogP contribution in [0, 0.1) is 10.1 Å². The van der Waals surface area contributed by atoms with Crippen LogP contribution in [0.3, 0.4) is 0 Å². The first-order valence-corrected chi connectivity index (χ1v) is 9.61. The van der Waals surface area contributed by atoms with Crippen molar-refractivity contribution in [1.29, 1.82) is 0 Å². The van der Waals surface area contributed by atoms with E-state index in [1.807, 2.05) is 0 Å². The van der Waals surface area contributed by atoms with E-state index in [2.05, 4.69) is 22.1 Å². The van der Waals surface area contributed by atoms with E-state index in [0.29, 0.717) is 23.0 Å². The molecule has 1 N–H and O–H groups in total. The Balaban J connectivity index is 1.78. The third-order valence-electron chi connectivity index (χ3n) is 5.16. The fraction of sp³-hybridized carbons (Fsp3) is 0.400. The van der Waals surface area contributed by atoms with Crippen molar-refractivity contribution < 1.29 is 14.5 Å². The molecule has 2 aromatic rings. The van der Waals surface area contributed by atoms with Gasteiger partial charge in [0.15, 0.2) is 0 Å². The molecule has 1 fully saturated rings. The number of hydrogen-bond donors (Lipinski definition) is 1. The van der Waals surface area contributed by atoms with E-state index in [0.717, 1.165) is 38.9 Å². The molecule has 1 aromatic heterocycles. The summed E-state index contributed by atoms with van der Waals surface area (Å²) >= 11 is 0. The summed E-state index contributed by atoms with van der Waals surface area (Å²) in [5, 5.41) is 14.0. The van der Waals surface area contributed by atoms with Crippen LogP contribution >= 0.6 is 0 Å². The normalized spacial score (nSPS) is 15.0. The lowest BCUT2D eigenvalue weighted by Crippen LogP contribution is -2.44. The van der Waals surface area contributed by atoms with Crippen molar-refractivity contribution >= 4 is 23.6 Å². The Labute approximate surface area is 169 Å². The van der Waals surface area contributed by atoms with Gasteiger partial charge < -0.3 is 15.0 Å². The van der Waals surface area contributed by atoms with Gasteiger partial charge in [0.25, 0.3) is 5.69 Å². The summed E-state index contributed by atoms with van der Waals surface area (Å²) in [7, 11) is 1.62. The number of piperidine rings is 1. The molecular formula is C20H25N5O4. The lowest BCUT2D eigenvalue weighted by molar-refractivity contribution is -0.384. The van der Waals surface area contributed by atoms with Gasteiger partial charge in [-0.1, -0.05) is 6.92 Å². The molecule has 0 saturated carbocycles. The molecule has 9 heteroatoms. The highest BCUT2D eigenvalue weighted by Crippen LogP contribution is 2.32. The molecule has 29 heavy (non-hydrogen) atoms. The van der Waals surface area contributed by atoms with Gasteiger partial charge in [0.2, 0.25) is 6.41 Å². The first-order valence-electron chi connectivity index (χ1n) is 9.61. The number of nitro benzene ring substituents is 1. The van der Waals surface area contributed by atoms with Gasteiger partial charge in [-0.3, -0.25) is 19.8 Å². The summed E-state index contributed by atoms with van der Waals surface area (Å²) in [5.41, 5.74) is 0.333. The minimum atomic E-state index is -0.465. The maximum atomic E-state index is 11.8. The first-order chi connectivity index (χ1) is 14.0. The van der Waals surface area contributed by atoms with E-state index in [1.165, 1.54) is 6.07 Å². The fourth-order valence-corrected chi connectivity index (χ4v) is 3.52. The Morgan fingerprint density at radius 1 is 1.31 bits per heavy atom. The van der Waals surface area contributed by atoms with Crippen LogP contribution in [0.2, 0.25) is 0 Å². The Morgan fingerprint density at radius 3 is 2.66 bits per heavy atom. The lowest BCUT2D eigenvalue weighted by atomic mass is 10.0. The second-order valence-electron chi connectivity index (χ2n) is 6.82. The van der Waals surface area contributed by atoms with Crippen LogP contribution in [0.15, 0.2) is 36.5 Å². The third-order valence-corrected chi connectivity index (χ3v) is 5.16. The maximum absolute atomic E-state index is 11.8. The number of pyridine rings is 1. The first kappa shape index (κ1) is 20.5. The number of nitro groups is 1. The minimum Gasteiger partial charge on any atom is -0.457 e. The number of benzene rings is 1. The van der Waals surface area contributed by atoms with Crippen molar-refractivity contribution in [3.8, 4) is 11.5 Å². The Hall–Kier alpha value is -3.20. The summed E-state index contributed by atoms with van der Waals surface area (Å²) in [4.78, 5) is 30.9. The highest BCUT2D eigenvalue weighted by Gasteiger charge is 2.25. The number of ether oxygens (including phenoxy) is 1. The second-order valence-corrected chi connectivity index (χ2v) is 6.82. The van der Waals surface area contributed by atoms with Crippen molar-refractivity contribution in [3.63, 3.8) is 0 Å². The van der Waals surface area contributed by atoms with Crippen LogP contribution in [0.1, 0.15) is 19.8 Å². The van der Waals surface area contributed by atoms with Gasteiger partial charge in [-0.25, -0.2) is 4.98 Å². The standard InChI is InChI=1S/C20H25N5O4/c1-3-23-10-7-15(8-11-23)24(14-26)20-13-17(6-9-22-20)29-16-4-5-18(21-2)19(12-16)25(27)28/h4-6,9,12-15,21H,3,7-8,10-11H2,1-2H3. The van der Waals surface area contributed by atoms with Crippen LogP contribution in [-0.4, -0.2) is 53.9 Å². The van der Waals surface area contributed by atoms with Crippen LogP contribution in [-0.2, 0) is 4.79 Å². The van der Waals surface area contributed by atoms with E-state index in [9.17, 15) is 14.9 Å². The Kier molecular flexibility index (Phi) is 6.61. The SMILES string of the molecule is CCN1CCC(N(C=O)c2cc(Oc3ccc(NC)c([N+](=O)[O-])c3)ccn2)CC1. The van der Waals surface area contributed by atoms with E-state index in [4.69, 9.17) is 4.74 Å². The molecule has 154 valence electrons. The zero-order valence-corrected chi connectivity index (χ0v) is 16.6. The zero-order valence-electron chi connectivity index (χ0n) is 16.6. The molecule has 0 radical (unpaired) electrons. The molecule has 3 rings (SSSR count).